The summed E-state index contributed by atoms with van der Waals surface area (Å²) in [5, 5.41) is 1.86. The van der Waals surface area contributed by atoms with E-state index in [0.717, 1.165) is 9.35 Å². The highest BCUT2D eigenvalue weighted by Crippen LogP contribution is 2.30. The summed E-state index contributed by atoms with van der Waals surface area (Å²) in [4.78, 5) is 18.4. The van der Waals surface area contributed by atoms with Gasteiger partial charge in [-0.3, -0.25) is 4.79 Å². The summed E-state index contributed by atoms with van der Waals surface area (Å²) >= 11 is 4.75. The van der Waals surface area contributed by atoms with Gasteiger partial charge in [0, 0.05) is 4.47 Å². The van der Waals surface area contributed by atoms with E-state index in [-0.39, 0.29) is 5.69 Å². The lowest BCUT2D eigenvalue weighted by molar-refractivity contribution is 0.589. The van der Waals surface area contributed by atoms with Gasteiger partial charge in [-0.1, -0.05) is 0 Å². The molecule has 2 aromatic rings. The molecule has 3 nitrogen and oxygen atoms in total. The Labute approximate surface area is 97.1 Å². The summed E-state index contributed by atoms with van der Waals surface area (Å²) in [5.74, 6) is -0.438. The Hall–Kier alpha value is -1.01. The molecule has 15 heavy (non-hydrogen) atoms. The van der Waals surface area contributed by atoms with E-state index in [4.69, 9.17) is 0 Å². The molecule has 0 bridgehead atoms. The van der Waals surface area contributed by atoms with Crippen molar-refractivity contribution in [3.8, 4) is 10.7 Å². The van der Waals surface area contributed by atoms with Crippen LogP contribution < -0.4 is 5.56 Å². The topological polar surface area (TPSA) is 45.8 Å². The molecule has 0 atom stereocenters. The van der Waals surface area contributed by atoms with Gasteiger partial charge in [-0.15, -0.1) is 11.3 Å². The van der Waals surface area contributed by atoms with Gasteiger partial charge in [0.2, 0.25) is 5.82 Å². The third-order valence-electron chi connectivity index (χ3n) is 1.86. The van der Waals surface area contributed by atoms with E-state index in [2.05, 4.69) is 25.9 Å². The van der Waals surface area contributed by atoms with Gasteiger partial charge in [-0.05, 0) is 34.3 Å². The maximum atomic E-state index is 13.0. The molecule has 0 fully saturated rings. The first-order valence-electron chi connectivity index (χ1n) is 4.09. The van der Waals surface area contributed by atoms with E-state index in [1.807, 2.05) is 11.4 Å². The monoisotopic (exact) mass is 288 g/mol. The van der Waals surface area contributed by atoms with Crippen molar-refractivity contribution in [2.45, 2.75) is 6.92 Å². The predicted molar refractivity (Wildman–Crippen MR) is 60.6 cm³/mol. The zero-order valence-corrected chi connectivity index (χ0v) is 10.1. The summed E-state index contributed by atoms with van der Waals surface area (Å²) in [6.07, 6.45) is 0. The molecule has 0 amide bonds. The van der Waals surface area contributed by atoms with Crippen LogP contribution in [0.4, 0.5) is 4.39 Å². The molecule has 0 saturated carbocycles. The molecule has 2 heterocycles. The van der Waals surface area contributed by atoms with Crippen molar-refractivity contribution >= 4 is 27.3 Å². The van der Waals surface area contributed by atoms with Gasteiger partial charge in [0.15, 0.2) is 5.82 Å². The number of nitrogens with one attached hydrogen (secondary N) is 1. The first kappa shape index (κ1) is 10.5. The number of aromatic nitrogens is 2. The molecule has 0 spiro atoms. The number of H-pyrrole nitrogens is 1. The van der Waals surface area contributed by atoms with Crippen molar-refractivity contribution in [1.82, 2.24) is 9.97 Å². The molecular weight excluding hydrogens is 283 g/mol. The van der Waals surface area contributed by atoms with Crippen LogP contribution in [0.5, 0.6) is 0 Å². The van der Waals surface area contributed by atoms with Crippen LogP contribution in [0.2, 0.25) is 0 Å². The van der Waals surface area contributed by atoms with Crippen LogP contribution in [0.1, 0.15) is 5.69 Å². The standard InChI is InChI=1S/C9H6BrFN2OS/c1-4-6(11)9(14)13-8(12-4)7-5(10)2-3-15-7/h2-3H,1H3,(H,12,13,14). The lowest BCUT2D eigenvalue weighted by Gasteiger charge is -2.00. The van der Waals surface area contributed by atoms with Crippen LogP contribution in [0.3, 0.4) is 0 Å². The van der Waals surface area contributed by atoms with Gasteiger partial charge in [0.25, 0.3) is 5.56 Å². The number of aromatic amines is 1. The molecule has 1 N–H and O–H groups in total. The normalized spacial score (nSPS) is 10.6. The summed E-state index contributed by atoms with van der Waals surface area (Å²) < 4.78 is 13.9. The van der Waals surface area contributed by atoms with Gasteiger partial charge >= 0.3 is 0 Å². The number of hydrogen-bond acceptors (Lipinski definition) is 3. The molecule has 0 saturated heterocycles. The Balaban J connectivity index is 2.66. The van der Waals surface area contributed by atoms with Crippen molar-refractivity contribution in [2.24, 2.45) is 0 Å². The van der Waals surface area contributed by atoms with Crippen LogP contribution in [0, 0.1) is 12.7 Å². The number of aryl methyl sites for hydroxylation is 1. The largest absolute Gasteiger partial charge is 0.303 e. The summed E-state index contributed by atoms with van der Waals surface area (Å²) in [6.45, 7) is 1.47. The maximum absolute atomic E-state index is 13.0. The Bertz CT molecular complexity index is 563. The fraction of sp³-hybridized carbons (Fsp3) is 0.111. The van der Waals surface area contributed by atoms with Crippen molar-refractivity contribution in [2.75, 3.05) is 0 Å². The second kappa shape index (κ2) is 3.86. The van der Waals surface area contributed by atoms with Crippen LogP contribution in [-0.4, -0.2) is 9.97 Å². The number of halogens is 2. The molecular formula is C9H6BrFN2OS. The zero-order chi connectivity index (χ0) is 11.0. The van der Waals surface area contributed by atoms with Crippen LogP contribution in [0.15, 0.2) is 20.7 Å². The lowest BCUT2D eigenvalue weighted by atomic mass is 10.4. The highest BCUT2D eigenvalue weighted by molar-refractivity contribution is 9.10. The van der Waals surface area contributed by atoms with E-state index < -0.39 is 11.4 Å². The van der Waals surface area contributed by atoms with Crippen molar-refractivity contribution in [3.05, 3.63) is 37.8 Å². The van der Waals surface area contributed by atoms with Crippen LogP contribution in [-0.2, 0) is 0 Å². The van der Waals surface area contributed by atoms with Crippen molar-refractivity contribution < 1.29 is 4.39 Å². The fourth-order valence-corrected chi connectivity index (χ4v) is 2.65. The third-order valence-corrected chi connectivity index (χ3v) is 3.71. The zero-order valence-electron chi connectivity index (χ0n) is 7.67. The van der Waals surface area contributed by atoms with Crippen LogP contribution >= 0.6 is 27.3 Å². The Morgan fingerprint density at radius 2 is 2.33 bits per heavy atom. The SMILES string of the molecule is Cc1nc(-c2sccc2Br)[nH]c(=O)c1F. The fourth-order valence-electron chi connectivity index (χ4n) is 1.14. The summed E-state index contributed by atoms with van der Waals surface area (Å²) in [6, 6.07) is 1.85. The van der Waals surface area contributed by atoms with E-state index in [9.17, 15) is 9.18 Å². The average Bonchev–Trinajstić information content (AvgIpc) is 2.60. The van der Waals surface area contributed by atoms with E-state index >= 15 is 0 Å². The highest BCUT2D eigenvalue weighted by Gasteiger charge is 2.11. The minimum atomic E-state index is -0.827. The van der Waals surface area contributed by atoms with Gasteiger partial charge in [0.1, 0.15) is 0 Å². The Morgan fingerprint density at radius 1 is 1.60 bits per heavy atom. The summed E-state index contributed by atoms with van der Waals surface area (Å²) in [7, 11) is 0. The molecule has 2 aromatic heterocycles. The molecule has 6 heteroatoms. The Morgan fingerprint density at radius 3 is 2.87 bits per heavy atom. The Kier molecular flexibility index (Phi) is 2.70. The summed E-state index contributed by atoms with van der Waals surface area (Å²) in [5.41, 5.74) is -0.633. The minimum absolute atomic E-state index is 0.106. The lowest BCUT2D eigenvalue weighted by Crippen LogP contribution is -2.15. The third kappa shape index (κ3) is 1.87. The molecule has 2 rings (SSSR count). The van der Waals surface area contributed by atoms with E-state index in [0.29, 0.717) is 5.82 Å². The minimum Gasteiger partial charge on any atom is -0.303 e. The van der Waals surface area contributed by atoms with Crippen LogP contribution in [0.25, 0.3) is 10.7 Å². The first-order valence-corrected chi connectivity index (χ1v) is 5.76. The molecule has 0 aliphatic carbocycles. The second-order valence-electron chi connectivity index (χ2n) is 2.91. The number of hydrogen-bond donors (Lipinski definition) is 1. The number of nitrogens with zero attached hydrogens (tertiary/aromatic N) is 1. The molecule has 78 valence electrons. The quantitative estimate of drug-likeness (QED) is 0.877. The highest BCUT2D eigenvalue weighted by atomic mass is 79.9. The predicted octanol–water partition coefficient (Wildman–Crippen LogP) is 2.71. The first-order chi connectivity index (χ1) is 7.09. The second-order valence-corrected chi connectivity index (χ2v) is 4.68. The number of thiophene rings is 1. The molecule has 0 aliphatic rings. The van der Waals surface area contributed by atoms with Gasteiger partial charge < -0.3 is 4.98 Å². The number of rotatable bonds is 1. The van der Waals surface area contributed by atoms with Gasteiger partial charge in [0.05, 0.1) is 10.6 Å². The van der Waals surface area contributed by atoms with Crippen molar-refractivity contribution in [1.29, 1.82) is 0 Å². The van der Waals surface area contributed by atoms with Crippen molar-refractivity contribution in [3.63, 3.8) is 0 Å². The smallest absolute Gasteiger partial charge is 0.287 e. The van der Waals surface area contributed by atoms with Gasteiger partial charge in [-0.2, -0.15) is 4.39 Å². The van der Waals surface area contributed by atoms with E-state index in [1.54, 1.807) is 0 Å². The molecule has 0 radical (unpaired) electrons. The van der Waals surface area contributed by atoms with Gasteiger partial charge in [-0.25, -0.2) is 4.98 Å². The molecule has 0 aromatic carbocycles. The maximum Gasteiger partial charge on any atom is 0.287 e. The molecule has 0 unspecified atom stereocenters. The van der Waals surface area contributed by atoms with E-state index in [1.165, 1.54) is 18.3 Å². The molecule has 0 aliphatic heterocycles. The average molecular weight is 289 g/mol.